The number of benzene rings is 2. The lowest BCUT2D eigenvalue weighted by atomic mass is 10.2. The summed E-state index contributed by atoms with van der Waals surface area (Å²) < 4.78 is 10.7. The maximum atomic E-state index is 12.0. The second kappa shape index (κ2) is 11.4. The summed E-state index contributed by atoms with van der Waals surface area (Å²) in [6, 6.07) is 15.3. The molecule has 0 aliphatic carbocycles. The van der Waals surface area contributed by atoms with Crippen molar-refractivity contribution in [2.24, 2.45) is 0 Å². The Morgan fingerprint density at radius 1 is 0.919 bits per heavy atom. The summed E-state index contributed by atoms with van der Waals surface area (Å²) in [5.74, 6) is 1.38. The summed E-state index contributed by atoms with van der Waals surface area (Å²) >= 11 is 11.9. The van der Waals surface area contributed by atoms with Crippen molar-refractivity contribution in [1.82, 2.24) is 9.97 Å². The van der Waals surface area contributed by atoms with E-state index in [2.05, 4.69) is 20.5 Å². The Bertz CT molecular complexity index is 1280. The first-order chi connectivity index (χ1) is 18.0. The molecule has 0 atom stereocenters. The molecule has 37 heavy (non-hydrogen) atoms. The van der Waals surface area contributed by atoms with E-state index in [9.17, 15) is 4.79 Å². The number of halogens is 1. The zero-order valence-corrected chi connectivity index (χ0v) is 21.9. The van der Waals surface area contributed by atoms with E-state index >= 15 is 0 Å². The molecule has 2 N–H and O–H groups in total. The highest BCUT2D eigenvalue weighted by molar-refractivity contribution is 7.80. The summed E-state index contributed by atoms with van der Waals surface area (Å²) in [5, 5.41) is 7.26. The minimum Gasteiger partial charge on any atom is -0.378 e. The Balaban J connectivity index is 1.22. The van der Waals surface area contributed by atoms with Crippen LogP contribution >= 0.6 is 23.8 Å². The number of amides is 1. The maximum Gasteiger partial charge on any atom is 0.253 e. The van der Waals surface area contributed by atoms with Crippen LogP contribution in [-0.4, -0.2) is 67.0 Å². The standard InChI is InChI=1S/C26H27ClN6O3S/c1-17-23(27)30-24(31-25(17)32-10-13-35-14-11-32)18-2-4-19(5-3-18)28-26(37)29-20-6-8-21(9-7-20)33-12-15-36-16-22(33)34/h2-9H,10-16H2,1H3,(H2,28,29,37). The monoisotopic (exact) mass is 538 g/mol. The van der Waals surface area contributed by atoms with Gasteiger partial charge in [-0.25, -0.2) is 9.97 Å². The molecule has 0 bridgehead atoms. The van der Waals surface area contributed by atoms with Gasteiger partial charge < -0.3 is 29.9 Å². The van der Waals surface area contributed by atoms with Gasteiger partial charge in [0, 0.05) is 47.8 Å². The highest BCUT2D eigenvalue weighted by Gasteiger charge is 2.20. The van der Waals surface area contributed by atoms with Crippen LogP contribution in [0.25, 0.3) is 11.4 Å². The quantitative estimate of drug-likeness (QED) is 0.367. The second-order valence-corrected chi connectivity index (χ2v) is 9.45. The molecule has 0 unspecified atom stereocenters. The van der Waals surface area contributed by atoms with Crippen LogP contribution in [0.15, 0.2) is 48.5 Å². The summed E-state index contributed by atoms with van der Waals surface area (Å²) in [7, 11) is 0. The zero-order valence-electron chi connectivity index (χ0n) is 20.4. The number of thiocarbonyl (C=S) groups is 1. The van der Waals surface area contributed by atoms with Crippen LogP contribution in [0.5, 0.6) is 0 Å². The van der Waals surface area contributed by atoms with Crippen molar-refractivity contribution in [2.75, 3.05) is 66.5 Å². The summed E-state index contributed by atoms with van der Waals surface area (Å²) in [4.78, 5) is 25.2. The van der Waals surface area contributed by atoms with Gasteiger partial charge >= 0.3 is 0 Å². The van der Waals surface area contributed by atoms with Gasteiger partial charge in [0.1, 0.15) is 17.6 Å². The van der Waals surface area contributed by atoms with Crippen LogP contribution in [0, 0.1) is 6.92 Å². The topological polar surface area (TPSA) is 91.9 Å². The minimum atomic E-state index is -0.0387. The molecule has 11 heteroatoms. The van der Waals surface area contributed by atoms with Crippen LogP contribution < -0.4 is 20.4 Å². The number of aromatic nitrogens is 2. The smallest absolute Gasteiger partial charge is 0.253 e. The number of morpholine rings is 2. The molecule has 2 aromatic carbocycles. The maximum absolute atomic E-state index is 12.0. The lowest BCUT2D eigenvalue weighted by Gasteiger charge is -2.29. The number of nitrogens with one attached hydrogen (secondary N) is 2. The van der Waals surface area contributed by atoms with Gasteiger partial charge in [-0.1, -0.05) is 11.6 Å². The Morgan fingerprint density at radius 3 is 2.19 bits per heavy atom. The fraction of sp³-hybridized carbons (Fsp3) is 0.308. The van der Waals surface area contributed by atoms with Gasteiger partial charge in [0.2, 0.25) is 0 Å². The van der Waals surface area contributed by atoms with Crippen LogP contribution in [0.1, 0.15) is 5.56 Å². The van der Waals surface area contributed by atoms with E-state index in [1.165, 1.54) is 0 Å². The van der Waals surface area contributed by atoms with E-state index in [4.69, 9.17) is 38.3 Å². The van der Waals surface area contributed by atoms with Gasteiger partial charge in [-0.15, -0.1) is 0 Å². The molecular formula is C26H27ClN6O3S. The van der Waals surface area contributed by atoms with Crippen LogP contribution in [0.3, 0.4) is 0 Å². The van der Waals surface area contributed by atoms with E-state index in [0.29, 0.717) is 42.5 Å². The van der Waals surface area contributed by atoms with Crippen molar-refractivity contribution in [3.05, 3.63) is 59.2 Å². The molecule has 5 rings (SSSR count). The molecule has 0 radical (unpaired) electrons. The average Bonchev–Trinajstić information content (AvgIpc) is 2.92. The van der Waals surface area contributed by atoms with Crippen LogP contribution in [0.4, 0.5) is 22.9 Å². The molecule has 9 nitrogen and oxygen atoms in total. The number of carbonyl (C=O) groups excluding carboxylic acids is 1. The third-order valence-electron chi connectivity index (χ3n) is 6.19. The van der Waals surface area contributed by atoms with Crippen LogP contribution in [0.2, 0.25) is 5.15 Å². The molecule has 2 aliphatic heterocycles. The Labute approximate surface area is 225 Å². The van der Waals surface area contributed by atoms with E-state index in [1.54, 1.807) is 4.90 Å². The van der Waals surface area contributed by atoms with Gasteiger partial charge in [0.15, 0.2) is 10.9 Å². The first-order valence-corrected chi connectivity index (χ1v) is 12.8. The Kier molecular flexibility index (Phi) is 7.80. The first-order valence-electron chi connectivity index (χ1n) is 12.0. The molecule has 3 aromatic rings. The molecule has 1 amide bonds. The largest absolute Gasteiger partial charge is 0.378 e. The van der Waals surface area contributed by atoms with Gasteiger partial charge in [0.25, 0.3) is 5.91 Å². The number of nitrogens with zero attached hydrogens (tertiary/aromatic N) is 4. The highest BCUT2D eigenvalue weighted by Crippen LogP contribution is 2.28. The summed E-state index contributed by atoms with van der Waals surface area (Å²) in [5.41, 5.74) is 4.20. The van der Waals surface area contributed by atoms with E-state index < -0.39 is 0 Å². The SMILES string of the molecule is Cc1c(Cl)nc(-c2ccc(NC(=S)Nc3ccc(N4CCOCC4=O)cc3)cc2)nc1N1CCOCC1. The number of anilines is 4. The average molecular weight is 539 g/mol. The number of carbonyl (C=O) groups is 1. The zero-order chi connectivity index (χ0) is 25.8. The lowest BCUT2D eigenvalue weighted by Crippen LogP contribution is -2.41. The number of hydrogen-bond acceptors (Lipinski definition) is 7. The predicted molar refractivity (Wildman–Crippen MR) is 150 cm³/mol. The molecule has 2 fully saturated rings. The van der Waals surface area contributed by atoms with Crippen molar-refractivity contribution in [1.29, 1.82) is 0 Å². The highest BCUT2D eigenvalue weighted by atomic mass is 35.5. The molecule has 2 saturated heterocycles. The number of hydrogen-bond donors (Lipinski definition) is 2. The van der Waals surface area contributed by atoms with Crippen molar-refractivity contribution in [3.63, 3.8) is 0 Å². The normalized spacial score (nSPS) is 16.0. The van der Waals surface area contributed by atoms with Gasteiger partial charge in [-0.2, -0.15) is 0 Å². The molecule has 1 aromatic heterocycles. The van der Waals surface area contributed by atoms with Gasteiger partial charge in [0.05, 0.1) is 19.8 Å². The third-order valence-corrected chi connectivity index (χ3v) is 6.77. The van der Waals surface area contributed by atoms with Crippen molar-refractivity contribution >= 4 is 57.7 Å². The molecular weight excluding hydrogens is 512 g/mol. The van der Waals surface area contributed by atoms with Crippen molar-refractivity contribution in [3.8, 4) is 11.4 Å². The van der Waals surface area contributed by atoms with Crippen molar-refractivity contribution in [2.45, 2.75) is 6.92 Å². The minimum absolute atomic E-state index is 0.0387. The molecule has 0 saturated carbocycles. The fourth-order valence-corrected chi connectivity index (χ4v) is 4.60. The van der Waals surface area contributed by atoms with Gasteiger partial charge in [-0.3, -0.25) is 4.79 Å². The number of rotatable bonds is 5. The lowest BCUT2D eigenvalue weighted by molar-refractivity contribution is -0.125. The second-order valence-electron chi connectivity index (χ2n) is 8.69. The molecule has 3 heterocycles. The molecule has 0 spiro atoms. The fourth-order valence-electron chi connectivity index (χ4n) is 4.20. The first kappa shape index (κ1) is 25.3. The summed E-state index contributed by atoms with van der Waals surface area (Å²) in [6.45, 7) is 6.03. The molecule has 2 aliphatic rings. The van der Waals surface area contributed by atoms with E-state index in [-0.39, 0.29) is 12.5 Å². The van der Waals surface area contributed by atoms with Gasteiger partial charge in [-0.05, 0) is 67.7 Å². The van der Waals surface area contributed by atoms with E-state index in [1.807, 2.05) is 55.5 Å². The summed E-state index contributed by atoms with van der Waals surface area (Å²) in [6.07, 6.45) is 0. The Morgan fingerprint density at radius 2 is 1.54 bits per heavy atom. The third kappa shape index (κ3) is 5.99. The van der Waals surface area contributed by atoms with Crippen molar-refractivity contribution < 1.29 is 14.3 Å². The predicted octanol–water partition coefficient (Wildman–Crippen LogP) is 4.11. The van der Waals surface area contributed by atoms with Crippen LogP contribution in [-0.2, 0) is 14.3 Å². The number of ether oxygens (including phenoxy) is 2. The Hall–Kier alpha value is -3.31. The molecule has 192 valence electrons. The van der Waals surface area contributed by atoms with E-state index in [0.717, 1.165) is 47.1 Å².